The fourth-order valence-electron chi connectivity index (χ4n) is 1.62. The molecular formula is C12H19N3O4S. The molecule has 0 aliphatic rings. The number of carbonyl (C=O) groups excluding carboxylic acids is 1. The van der Waals surface area contributed by atoms with Gasteiger partial charge in [-0.05, 0) is 26.0 Å². The predicted octanol–water partition coefficient (Wildman–Crippen LogP) is 0.608. The maximum atomic E-state index is 11.4. The molecule has 0 bridgehead atoms. The quantitative estimate of drug-likeness (QED) is 0.747. The van der Waals surface area contributed by atoms with Gasteiger partial charge in [-0.15, -0.1) is 0 Å². The molecule has 0 aliphatic heterocycles. The lowest BCUT2D eigenvalue weighted by atomic mass is 10.1. The summed E-state index contributed by atoms with van der Waals surface area (Å²) in [4.78, 5) is 15.4. The number of methoxy groups -OCH3 is 1. The summed E-state index contributed by atoms with van der Waals surface area (Å²) in [6.45, 7) is 3.80. The smallest absolute Gasteiger partial charge is 0.338 e. The number of nitrogens with zero attached hydrogens (tertiary/aromatic N) is 1. The molecule has 1 heterocycles. The molecule has 112 valence electrons. The Balaban J connectivity index is 2.73. The summed E-state index contributed by atoms with van der Waals surface area (Å²) in [5.74, 6) is 0.0141. The minimum Gasteiger partial charge on any atom is -0.465 e. The molecule has 0 aliphatic carbocycles. The van der Waals surface area contributed by atoms with Crippen LogP contribution in [0.2, 0.25) is 0 Å². The van der Waals surface area contributed by atoms with Crippen molar-refractivity contribution in [2.45, 2.75) is 19.4 Å². The zero-order valence-corrected chi connectivity index (χ0v) is 12.7. The summed E-state index contributed by atoms with van der Waals surface area (Å²) in [6, 6.07) is 3.08. The van der Waals surface area contributed by atoms with E-state index in [9.17, 15) is 13.2 Å². The van der Waals surface area contributed by atoms with E-state index in [0.29, 0.717) is 17.9 Å². The van der Waals surface area contributed by atoms with Crippen LogP contribution in [0.25, 0.3) is 0 Å². The van der Waals surface area contributed by atoms with Crippen molar-refractivity contribution in [3.8, 4) is 0 Å². The van der Waals surface area contributed by atoms with Crippen molar-refractivity contribution >= 4 is 21.8 Å². The molecule has 0 spiro atoms. The minimum absolute atomic E-state index is 0.317. The Morgan fingerprint density at radius 3 is 2.65 bits per heavy atom. The molecular weight excluding hydrogens is 282 g/mol. The van der Waals surface area contributed by atoms with E-state index in [2.05, 4.69) is 19.8 Å². The first kappa shape index (κ1) is 16.4. The number of nitrogens with one attached hydrogen (secondary N) is 2. The third-order valence-corrected chi connectivity index (χ3v) is 3.28. The number of anilines is 1. The van der Waals surface area contributed by atoms with Crippen molar-refractivity contribution in [2.75, 3.05) is 25.2 Å². The number of rotatable bonds is 6. The van der Waals surface area contributed by atoms with E-state index < -0.39 is 21.5 Å². The predicted molar refractivity (Wildman–Crippen MR) is 76.1 cm³/mol. The van der Waals surface area contributed by atoms with Gasteiger partial charge in [0, 0.05) is 18.3 Å². The number of pyridine rings is 1. The molecule has 0 unspecified atom stereocenters. The van der Waals surface area contributed by atoms with Crippen LogP contribution in [-0.2, 0) is 14.8 Å². The van der Waals surface area contributed by atoms with Gasteiger partial charge in [0.25, 0.3) is 0 Å². The number of sulfonamides is 1. The molecule has 1 aromatic heterocycles. The van der Waals surface area contributed by atoms with Crippen molar-refractivity contribution in [1.82, 2.24) is 9.71 Å². The molecule has 1 rings (SSSR count). The van der Waals surface area contributed by atoms with Crippen LogP contribution in [0.4, 0.5) is 5.82 Å². The third kappa shape index (κ3) is 5.54. The molecule has 7 nitrogen and oxygen atoms in total. The van der Waals surface area contributed by atoms with E-state index in [1.807, 2.05) is 0 Å². The van der Waals surface area contributed by atoms with Crippen LogP contribution in [0.5, 0.6) is 0 Å². The molecule has 0 fully saturated rings. The largest absolute Gasteiger partial charge is 0.465 e. The second-order valence-electron chi connectivity index (χ2n) is 5.03. The standard InChI is InChI=1S/C12H19N3O4S/c1-12(2,15-20(4,17)18)8-14-10-7-9(5-6-13-10)11(16)19-3/h5-7,15H,8H2,1-4H3,(H,13,14). The van der Waals surface area contributed by atoms with Gasteiger partial charge in [0.1, 0.15) is 5.82 Å². The Morgan fingerprint density at radius 1 is 1.45 bits per heavy atom. The van der Waals surface area contributed by atoms with E-state index in [1.54, 1.807) is 19.9 Å². The normalized spacial score (nSPS) is 12.0. The van der Waals surface area contributed by atoms with Crippen LogP contribution in [0, 0.1) is 0 Å². The molecule has 0 atom stereocenters. The molecule has 0 amide bonds. The maximum Gasteiger partial charge on any atom is 0.338 e. The fourth-order valence-corrected chi connectivity index (χ4v) is 2.70. The summed E-state index contributed by atoms with van der Waals surface area (Å²) in [7, 11) is -2.00. The number of carbonyl (C=O) groups is 1. The third-order valence-electron chi connectivity index (χ3n) is 2.35. The van der Waals surface area contributed by atoms with E-state index >= 15 is 0 Å². The second-order valence-corrected chi connectivity index (χ2v) is 6.78. The number of ether oxygens (including phenoxy) is 1. The Hall–Kier alpha value is -1.67. The molecule has 20 heavy (non-hydrogen) atoms. The van der Waals surface area contributed by atoms with E-state index in [4.69, 9.17) is 0 Å². The second kappa shape index (κ2) is 6.19. The maximum absolute atomic E-state index is 11.4. The van der Waals surface area contributed by atoms with Crippen molar-refractivity contribution in [2.24, 2.45) is 0 Å². The van der Waals surface area contributed by atoms with Crippen LogP contribution < -0.4 is 10.0 Å². The van der Waals surface area contributed by atoms with Gasteiger partial charge in [-0.1, -0.05) is 0 Å². The van der Waals surface area contributed by atoms with Crippen molar-refractivity contribution in [3.63, 3.8) is 0 Å². The summed E-state index contributed by atoms with van der Waals surface area (Å²) in [6.07, 6.45) is 2.58. The van der Waals surface area contributed by atoms with Gasteiger partial charge < -0.3 is 10.1 Å². The monoisotopic (exact) mass is 301 g/mol. The number of hydrogen-bond donors (Lipinski definition) is 2. The van der Waals surface area contributed by atoms with Crippen LogP contribution in [0.1, 0.15) is 24.2 Å². The first-order valence-corrected chi connectivity index (χ1v) is 7.79. The lowest BCUT2D eigenvalue weighted by Crippen LogP contribution is -2.47. The van der Waals surface area contributed by atoms with Crippen molar-refractivity contribution < 1.29 is 17.9 Å². The van der Waals surface area contributed by atoms with Gasteiger partial charge in [-0.25, -0.2) is 22.9 Å². The molecule has 8 heteroatoms. The zero-order valence-electron chi connectivity index (χ0n) is 11.9. The lowest BCUT2D eigenvalue weighted by molar-refractivity contribution is 0.0600. The summed E-state index contributed by atoms with van der Waals surface area (Å²) >= 11 is 0. The topological polar surface area (TPSA) is 97.4 Å². The average molecular weight is 301 g/mol. The van der Waals surface area contributed by atoms with E-state index in [1.165, 1.54) is 19.4 Å². The van der Waals surface area contributed by atoms with E-state index in [-0.39, 0.29) is 0 Å². The molecule has 0 saturated carbocycles. The van der Waals surface area contributed by atoms with Crippen molar-refractivity contribution in [1.29, 1.82) is 0 Å². The highest BCUT2D eigenvalue weighted by molar-refractivity contribution is 7.88. The highest BCUT2D eigenvalue weighted by Crippen LogP contribution is 2.10. The van der Waals surface area contributed by atoms with Gasteiger partial charge >= 0.3 is 5.97 Å². The minimum atomic E-state index is -3.30. The van der Waals surface area contributed by atoms with Crippen LogP contribution >= 0.6 is 0 Å². The van der Waals surface area contributed by atoms with Gasteiger partial charge in [0.15, 0.2) is 0 Å². The molecule has 0 aromatic carbocycles. The highest BCUT2D eigenvalue weighted by atomic mass is 32.2. The van der Waals surface area contributed by atoms with Gasteiger partial charge in [0.05, 0.1) is 18.9 Å². The lowest BCUT2D eigenvalue weighted by Gasteiger charge is -2.25. The highest BCUT2D eigenvalue weighted by Gasteiger charge is 2.22. The van der Waals surface area contributed by atoms with Gasteiger partial charge in [0.2, 0.25) is 10.0 Å². The van der Waals surface area contributed by atoms with E-state index in [0.717, 1.165) is 6.26 Å². The molecule has 0 radical (unpaired) electrons. The zero-order chi connectivity index (χ0) is 15.4. The van der Waals surface area contributed by atoms with Crippen molar-refractivity contribution in [3.05, 3.63) is 23.9 Å². The summed E-state index contributed by atoms with van der Waals surface area (Å²) in [5, 5.41) is 2.98. The van der Waals surface area contributed by atoms with Crippen LogP contribution in [0.15, 0.2) is 18.3 Å². The molecule has 2 N–H and O–H groups in total. The van der Waals surface area contributed by atoms with Gasteiger partial charge in [-0.2, -0.15) is 0 Å². The SMILES string of the molecule is COC(=O)c1ccnc(NCC(C)(C)NS(C)(=O)=O)c1. The van der Waals surface area contributed by atoms with Crippen LogP contribution in [-0.4, -0.2) is 44.8 Å². The first-order chi connectivity index (χ1) is 9.13. The number of aromatic nitrogens is 1. The molecule has 1 aromatic rings. The Bertz CT molecular complexity index is 584. The fraction of sp³-hybridized carbons (Fsp3) is 0.500. The van der Waals surface area contributed by atoms with Crippen LogP contribution in [0.3, 0.4) is 0 Å². The summed E-state index contributed by atoms with van der Waals surface area (Å²) < 4.78 is 29.6. The average Bonchev–Trinajstić information content (AvgIpc) is 2.33. The Morgan fingerprint density at radius 2 is 2.10 bits per heavy atom. The number of esters is 1. The Labute approximate surface area is 118 Å². The Kier molecular flexibility index (Phi) is 5.07. The number of hydrogen-bond acceptors (Lipinski definition) is 6. The summed E-state index contributed by atoms with van der Waals surface area (Å²) in [5.41, 5.74) is -0.310. The van der Waals surface area contributed by atoms with Gasteiger partial charge in [-0.3, -0.25) is 0 Å². The first-order valence-electron chi connectivity index (χ1n) is 5.90. The molecule has 0 saturated heterocycles.